The molecule has 0 bridgehead atoms. The second kappa shape index (κ2) is 10.3. The number of ketones is 1. The second-order valence-electron chi connectivity index (χ2n) is 9.63. The number of nitrogens with zero attached hydrogens (tertiary/aromatic N) is 2. The lowest BCUT2D eigenvalue weighted by Gasteiger charge is -2.31. The molecule has 0 unspecified atom stereocenters. The third-order valence-electron chi connectivity index (χ3n) is 7.04. The van der Waals surface area contributed by atoms with Gasteiger partial charge in [-0.1, -0.05) is 38.1 Å². The van der Waals surface area contributed by atoms with Crippen LogP contribution in [0.15, 0.2) is 48.0 Å². The number of aliphatic hydroxyl groups is 1. The smallest absolute Gasteiger partial charge is 0.295 e. The molecule has 190 valence electrons. The number of likely N-dealkylation sites (tertiary alicyclic amines) is 1. The number of carbonyl (C=O) groups is 2. The summed E-state index contributed by atoms with van der Waals surface area (Å²) in [5.74, 6) is -0.0431. The molecule has 8 heteroatoms. The first kappa shape index (κ1) is 24.3. The molecule has 2 aromatic rings. The Kier molecular flexibility index (Phi) is 6.98. The molecule has 0 radical (unpaired) electrons. The summed E-state index contributed by atoms with van der Waals surface area (Å²) < 4.78 is 16.7. The van der Waals surface area contributed by atoms with Gasteiger partial charge in [0.05, 0.1) is 24.8 Å². The van der Waals surface area contributed by atoms with E-state index in [2.05, 4.69) is 18.7 Å². The number of amides is 1. The largest absolute Gasteiger partial charge is 0.507 e. The van der Waals surface area contributed by atoms with Crippen LogP contribution in [0.4, 0.5) is 0 Å². The Bertz CT molecular complexity index is 1170. The number of carbonyl (C=O) groups excluding carboxylic acids is 2. The average Bonchev–Trinajstić information content (AvgIpc) is 3.16. The van der Waals surface area contributed by atoms with Gasteiger partial charge in [0.1, 0.15) is 19.0 Å². The van der Waals surface area contributed by atoms with Gasteiger partial charge in [-0.2, -0.15) is 0 Å². The zero-order valence-corrected chi connectivity index (χ0v) is 20.7. The maximum Gasteiger partial charge on any atom is 0.295 e. The normalized spacial score (nSPS) is 21.9. The lowest BCUT2D eigenvalue weighted by atomic mass is 9.93. The highest BCUT2D eigenvalue weighted by Gasteiger charge is 2.46. The Balaban J connectivity index is 1.53. The number of hydrogen-bond acceptors (Lipinski definition) is 7. The van der Waals surface area contributed by atoms with Gasteiger partial charge in [0.25, 0.3) is 11.7 Å². The van der Waals surface area contributed by atoms with E-state index in [1.807, 2.05) is 24.3 Å². The summed E-state index contributed by atoms with van der Waals surface area (Å²) in [6.07, 6.45) is 0. The van der Waals surface area contributed by atoms with E-state index in [-0.39, 0.29) is 11.3 Å². The van der Waals surface area contributed by atoms with Crippen molar-refractivity contribution in [1.82, 2.24) is 9.80 Å². The molecule has 0 saturated carbocycles. The summed E-state index contributed by atoms with van der Waals surface area (Å²) in [5.41, 5.74) is 2.46. The number of ether oxygens (including phenoxy) is 3. The van der Waals surface area contributed by atoms with Gasteiger partial charge in [0.15, 0.2) is 11.5 Å². The summed E-state index contributed by atoms with van der Waals surface area (Å²) in [6, 6.07) is 12.3. The van der Waals surface area contributed by atoms with Crippen LogP contribution in [0.1, 0.15) is 42.5 Å². The summed E-state index contributed by atoms with van der Waals surface area (Å²) in [5, 5.41) is 11.4. The predicted octanol–water partition coefficient (Wildman–Crippen LogP) is 3.34. The molecule has 2 aromatic carbocycles. The van der Waals surface area contributed by atoms with Gasteiger partial charge in [-0.05, 0) is 35.2 Å². The molecule has 2 fully saturated rings. The first-order valence-corrected chi connectivity index (χ1v) is 12.5. The third-order valence-corrected chi connectivity index (χ3v) is 7.04. The van der Waals surface area contributed by atoms with Crippen LogP contribution in [0.5, 0.6) is 11.5 Å². The number of rotatable bonds is 6. The van der Waals surface area contributed by atoms with Crippen molar-refractivity contribution in [2.45, 2.75) is 25.8 Å². The molecule has 0 aliphatic carbocycles. The van der Waals surface area contributed by atoms with Gasteiger partial charge >= 0.3 is 0 Å². The Morgan fingerprint density at radius 1 is 0.944 bits per heavy atom. The maximum atomic E-state index is 13.3. The number of benzene rings is 2. The number of morpholine rings is 1. The topological polar surface area (TPSA) is 88.5 Å². The van der Waals surface area contributed by atoms with Crippen LogP contribution >= 0.6 is 0 Å². The van der Waals surface area contributed by atoms with Crippen LogP contribution in [-0.4, -0.2) is 79.2 Å². The minimum absolute atomic E-state index is 0.0935. The molecule has 3 aliphatic rings. The van der Waals surface area contributed by atoms with Crippen LogP contribution in [0.3, 0.4) is 0 Å². The molecule has 0 spiro atoms. The zero-order valence-electron chi connectivity index (χ0n) is 20.7. The standard InChI is InChI=1S/C28H32N2O6/c1-18(2)19-3-5-20(6-4-19)25-24(26(31)21-7-8-22-23(17-21)36-16-15-35-22)27(32)28(33)30(25)10-9-29-11-13-34-14-12-29/h3-8,17-18,25,31H,9-16H2,1-2H3/t25-/m0/s1. The lowest BCUT2D eigenvalue weighted by molar-refractivity contribution is -0.140. The number of fused-ring (bicyclic) bond motifs is 1. The van der Waals surface area contributed by atoms with E-state index in [0.717, 1.165) is 24.2 Å². The Hall–Kier alpha value is -3.36. The molecular weight excluding hydrogens is 460 g/mol. The number of hydrogen-bond donors (Lipinski definition) is 1. The maximum absolute atomic E-state index is 13.3. The van der Waals surface area contributed by atoms with Crippen LogP contribution in [0.2, 0.25) is 0 Å². The van der Waals surface area contributed by atoms with E-state index in [4.69, 9.17) is 14.2 Å². The minimum Gasteiger partial charge on any atom is -0.507 e. The second-order valence-corrected chi connectivity index (χ2v) is 9.63. The number of aliphatic hydroxyl groups excluding tert-OH is 1. The molecule has 3 aliphatic heterocycles. The van der Waals surface area contributed by atoms with E-state index < -0.39 is 17.7 Å². The van der Waals surface area contributed by atoms with Crippen molar-refractivity contribution in [3.05, 3.63) is 64.7 Å². The van der Waals surface area contributed by atoms with Gasteiger partial charge in [0.2, 0.25) is 0 Å². The summed E-state index contributed by atoms with van der Waals surface area (Å²) in [4.78, 5) is 30.4. The van der Waals surface area contributed by atoms with Crippen molar-refractivity contribution in [3.63, 3.8) is 0 Å². The molecule has 2 saturated heterocycles. The first-order chi connectivity index (χ1) is 17.4. The van der Waals surface area contributed by atoms with Gasteiger partial charge in [-0.3, -0.25) is 14.5 Å². The fourth-order valence-electron chi connectivity index (χ4n) is 4.94. The highest BCUT2D eigenvalue weighted by atomic mass is 16.6. The molecule has 1 amide bonds. The first-order valence-electron chi connectivity index (χ1n) is 12.5. The summed E-state index contributed by atoms with van der Waals surface area (Å²) in [6.45, 7) is 8.98. The van der Waals surface area contributed by atoms with Gasteiger partial charge in [-0.15, -0.1) is 0 Å². The minimum atomic E-state index is -0.680. The van der Waals surface area contributed by atoms with E-state index in [1.54, 1.807) is 23.1 Å². The van der Waals surface area contributed by atoms with E-state index in [0.29, 0.717) is 62.5 Å². The molecule has 1 N–H and O–H groups in total. The fraction of sp³-hybridized carbons (Fsp3) is 0.429. The SMILES string of the molecule is CC(C)c1ccc([C@H]2C(=C(O)c3ccc4c(c3)OCCO4)C(=O)C(=O)N2CCN2CCOCC2)cc1. The molecular formula is C28H32N2O6. The van der Waals surface area contributed by atoms with Crippen LogP contribution in [0, 0.1) is 0 Å². The average molecular weight is 493 g/mol. The van der Waals surface area contributed by atoms with E-state index >= 15 is 0 Å². The van der Waals surface area contributed by atoms with Crippen molar-refractivity contribution in [2.24, 2.45) is 0 Å². The van der Waals surface area contributed by atoms with E-state index in [1.165, 1.54) is 0 Å². The van der Waals surface area contributed by atoms with Crippen LogP contribution < -0.4 is 9.47 Å². The molecule has 3 heterocycles. The Labute approximate surface area is 211 Å². The van der Waals surface area contributed by atoms with E-state index in [9.17, 15) is 14.7 Å². The summed E-state index contributed by atoms with van der Waals surface area (Å²) in [7, 11) is 0. The van der Waals surface area contributed by atoms with Crippen LogP contribution in [0.25, 0.3) is 5.76 Å². The predicted molar refractivity (Wildman–Crippen MR) is 134 cm³/mol. The monoisotopic (exact) mass is 492 g/mol. The van der Waals surface area contributed by atoms with Crippen molar-refractivity contribution in [1.29, 1.82) is 0 Å². The van der Waals surface area contributed by atoms with Crippen molar-refractivity contribution < 1.29 is 28.9 Å². The summed E-state index contributed by atoms with van der Waals surface area (Å²) >= 11 is 0. The Morgan fingerprint density at radius 3 is 2.33 bits per heavy atom. The van der Waals surface area contributed by atoms with Gasteiger partial charge in [0, 0.05) is 31.7 Å². The van der Waals surface area contributed by atoms with Crippen LogP contribution in [-0.2, 0) is 14.3 Å². The third kappa shape index (κ3) is 4.70. The molecule has 5 rings (SSSR count). The molecule has 36 heavy (non-hydrogen) atoms. The Morgan fingerprint density at radius 2 is 1.64 bits per heavy atom. The molecule has 0 aromatic heterocycles. The fourth-order valence-corrected chi connectivity index (χ4v) is 4.94. The van der Waals surface area contributed by atoms with Crippen molar-refractivity contribution in [2.75, 3.05) is 52.6 Å². The lowest BCUT2D eigenvalue weighted by Crippen LogP contribution is -2.42. The highest BCUT2D eigenvalue weighted by Crippen LogP contribution is 2.41. The zero-order chi connectivity index (χ0) is 25.2. The van der Waals surface area contributed by atoms with Crippen molar-refractivity contribution in [3.8, 4) is 11.5 Å². The highest BCUT2D eigenvalue weighted by molar-refractivity contribution is 6.46. The molecule has 8 nitrogen and oxygen atoms in total. The van der Waals surface area contributed by atoms with Gasteiger partial charge in [-0.25, -0.2) is 0 Å². The quantitative estimate of drug-likeness (QED) is 0.376. The number of Topliss-reactive ketones (excluding diaryl/α,β-unsaturated/α-hetero) is 1. The molecule has 1 atom stereocenters. The van der Waals surface area contributed by atoms with Gasteiger partial charge < -0.3 is 24.2 Å². The van der Waals surface area contributed by atoms with Crippen molar-refractivity contribution >= 4 is 17.4 Å².